The number of benzene rings is 4. The van der Waals surface area contributed by atoms with Crippen molar-refractivity contribution >= 4 is 53.8 Å². The van der Waals surface area contributed by atoms with Crippen LogP contribution < -0.4 is 10.4 Å². The average molecular weight is 729 g/mol. The summed E-state index contributed by atoms with van der Waals surface area (Å²) in [5.74, 6) is -0.352. The summed E-state index contributed by atoms with van der Waals surface area (Å²) in [6, 6.07) is 36.4. The Morgan fingerprint density at radius 3 is 1.98 bits per heavy atom. The Kier molecular flexibility index (Phi) is 10.7. The number of likely N-dealkylation sites (tertiary alicyclic amines) is 1. The molecular weight excluding hydrogens is 681 g/mol. The van der Waals surface area contributed by atoms with Crippen molar-refractivity contribution in [3.05, 3.63) is 130 Å². The SMILES string of the molecule is COC(=O)C[C@]1(C)C[C@H](c2cccc(Cl)c2)[C@@H](c2ccc(Cl)cc2)N([C@H](CO[Si](c2ccccc2)(c2ccccc2)C(C)(C)C)C2CC2)C1=O. The van der Waals surface area contributed by atoms with Crippen molar-refractivity contribution in [3.8, 4) is 0 Å². The summed E-state index contributed by atoms with van der Waals surface area (Å²) in [4.78, 5) is 30.3. The second-order valence-corrected chi connectivity index (χ2v) is 20.4. The van der Waals surface area contributed by atoms with Gasteiger partial charge in [0.05, 0.1) is 37.6 Å². The molecule has 0 N–H and O–H groups in total. The van der Waals surface area contributed by atoms with Gasteiger partial charge in [-0.1, -0.05) is 136 Å². The number of amides is 1. The second kappa shape index (κ2) is 14.7. The Balaban J connectivity index is 1.52. The number of carbonyl (C=O) groups excluding carboxylic acids is 2. The summed E-state index contributed by atoms with van der Waals surface area (Å²) in [7, 11) is -1.55. The minimum Gasteiger partial charge on any atom is -0.469 e. The summed E-state index contributed by atoms with van der Waals surface area (Å²) >= 11 is 13.0. The molecular formula is C42H47Cl2NO4Si. The third-order valence-electron chi connectivity index (χ3n) is 10.8. The fourth-order valence-corrected chi connectivity index (χ4v) is 13.1. The zero-order chi connectivity index (χ0) is 35.7. The second-order valence-electron chi connectivity index (χ2n) is 15.3. The predicted octanol–water partition coefficient (Wildman–Crippen LogP) is 8.98. The normalized spacial score (nSPS) is 21.9. The molecule has 1 saturated heterocycles. The lowest BCUT2D eigenvalue weighted by atomic mass is 9.67. The van der Waals surface area contributed by atoms with Crippen LogP contribution in [0.5, 0.6) is 0 Å². The van der Waals surface area contributed by atoms with E-state index in [1.54, 1.807) is 0 Å². The minimum atomic E-state index is -2.93. The van der Waals surface area contributed by atoms with Gasteiger partial charge in [0, 0.05) is 16.0 Å². The largest absolute Gasteiger partial charge is 0.469 e. The number of nitrogens with zero attached hydrogens (tertiary/aromatic N) is 1. The first-order valence-corrected chi connectivity index (χ1v) is 20.2. The highest BCUT2D eigenvalue weighted by molar-refractivity contribution is 6.99. The van der Waals surface area contributed by atoms with Gasteiger partial charge < -0.3 is 14.1 Å². The fourth-order valence-electron chi connectivity index (χ4n) is 8.20. The topological polar surface area (TPSA) is 55.8 Å². The first kappa shape index (κ1) is 36.4. The van der Waals surface area contributed by atoms with Crippen molar-refractivity contribution in [3.63, 3.8) is 0 Å². The number of esters is 1. The van der Waals surface area contributed by atoms with E-state index in [1.165, 1.54) is 17.5 Å². The van der Waals surface area contributed by atoms with Gasteiger partial charge in [-0.25, -0.2) is 0 Å². The predicted molar refractivity (Wildman–Crippen MR) is 205 cm³/mol. The van der Waals surface area contributed by atoms with Gasteiger partial charge in [0.15, 0.2) is 0 Å². The van der Waals surface area contributed by atoms with Crippen molar-refractivity contribution in [2.45, 2.75) is 76.4 Å². The lowest BCUT2D eigenvalue weighted by molar-refractivity contribution is -0.163. The molecule has 1 amide bonds. The van der Waals surface area contributed by atoms with Gasteiger partial charge in [-0.3, -0.25) is 9.59 Å². The molecule has 1 saturated carbocycles. The molecule has 0 bridgehead atoms. The summed E-state index contributed by atoms with van der Waals surface area (Å²) in [5.41, 5.74) is 1.01. The van der Waals surface area contributed by atoms with E-state index in [0.29, 0.717) is 23.1 Å². The highest BCUT2D eigenvalue weighted by Gasteiger charge is 2.56. The summed E-state index contributed by atoms with van der Waals surface area (Å²) in [6.45, 7) is 9.11. The van der Waals surface area contributed by atoms with Gasteiger partial charge in [0.25, 0.3) is 8.32 Å². The lowest BCUT2D eigenvalue weighted by Gasteiger charge is -2.53. The molecule has 0 spiro atoms. The van der Waals surface area contributed by atoms with Crippen LogP contribution in [-0.4, -0.2) is 44.9 Å². The minimum absolute atomic E-state index is 0.0177. The number of ether oxygens (including phenoxy) is 1. The van der Waals surface area contributed by atoms with Crippen LogP contribution in [0.2, 0.25) is 15.1 Å². The standard InChI is InChI=1S/C42H47Cl2NO4Si/c1-41(2,3)50(34-15-8-6-9-16-34,35-17-10-7-11-18-35)49-28-37(29-19-20-29)45-39(30-21-23-32(43)24-22-30)36(31-13-12-14-33(44)25-31)26-42(4,40(45)47)27-38(46)48-5/h6-18,21-25,29,36-37,39H,19-20,26-28H2,1-5H3/t36-,37-,39-,42+/m1/s1. The van der Waals surface area contributed by atoms with Crippen LogP contribution in [0, 0.1) is 11.3 Å². The highest BCUT2D eigenvalue weighted by atomic mass is 35.5. The quantitative estimate of drug-likeness (QED) is 0.114. The number of carbonyl (C=O) groups is 2. The van der Waals surface area contributed by atoms with Crippen molar-refractivity contribution in [2.24, 2.45) is 11.3 Å². The molecule has 1 aliphatic heterocycles. The molecule has 5 nitrogen and oxygen atoms in total. The van der Waals surface area contributed by atoms with Crippen LogP contribution in [0.25, 0.3) is 0 Å². The number of methoxy groups -OCH3 is 1. The molecule has 0 radical (unpaired) electrons. The monoisotopic (exact) mass is 727 g/mol. The van der Waals surface area contributed by atoms with E-state index in [-0.39, 0.29) is 41.3 Å². The van der Waals surface area contributed by atoms with Crippen LogP contribution >= 0.6 is 23.2 Å². The van der Waals surface area contributed by atoms with Crippen molar-refractivity contribution < 1.29 is 18.8 Å². The zero-order valence-corrected chi connectivity index (χ0v) is 32.1. The van der Waals surface area contributed by atoms with E-state index in [9.17, 15) is 4.79 Å². The van der Waals surface area contributed by atoms with Gasteiger partial charge in [-0.15, -0.1) is 0 Å². The Morgan fingerprint density at radius 2 is 1.46 bits per heavy atom. The molecule has 4 aromatic carbocycles. The van der Waals surface area contributed by atoms with Crippen molar-refractivity contribution in [1.82, 2.24) is 4.90 Å². The Hall–Kier alpha value is -3.42. The summed E-state index contributed by atoms with van der Waals surface area (Å²) in [5, 5.41) is 3.42. The first-order chi connectivity index (χ1) is 23.9. The molecule has 4 aromatic rings. The number of rotatable bonds is 11. The first-order valence-electron chi connectivity index (χ1n) is 17.5. The molecule has 1 heterocycles. The maximum atomic E-state index is 15.3. The number of hydrogen-bond donors (Lipinski definition) is 0. The number of hydrogen-bond acceptors (Lipinski definition) is 4. The summed E-state index contributed by atoms with van der Waals surface area (Å²) in [6.07, 6.45) is 2.44. The van der Waals surface area contributed by atoms with E-state index < -0.39 is 19.7 Å². The van der Waals surface area contributed by atoms with E-state index in [4.69, 9.17) is 32.4 Å². The van der Waals surface area contributed by atoms with Crippen LogP contribution in [0.3, 0.4) is 0 Å². The van der Waals surface area contributed by atoms with E-state index in [0.717, 1.165) is 24.0 Å². The highest BCUT2D eigenvalue weighted by Crippen LogP contribution is 2.54. The molecule has 4 atom stereocenters. The Morgan fingerprint density at radius 1 is 0.860 bits per heavy atom. The van der Waals surface area contributed by atoms with Crippen LogP contribution in [0.4, 0.5) is 0 Å². The molecule has 1 aliphatic carbocycles. The molecule has 262 valence electrons. The Labute approximate surface area is 308 Å². The lowest BCUT2D eigenvalue weighted by Crippen LogP contribution is -2.68. The molecule has 2 fully saturated rings. The van der Waals surface area contributed by atoms with Crippen LogP contribution in [0.1, 0.15) is 76.5 Å². The molecule has 8 heteroatoms. The third kappa shape index (κ3) is 7.18. The molecule has 2 aliphatic rings. The zero-order valence-electron chi connectivity index (χ0n) is 29.6. The number of piperidine rings is 1. The van der Waals surface area contributed by atoms with Gasteiger partial charge in [0.1, 0.15) is 0 Å². The molecule has 0 unspecified atom stereocenters. The smallest absolute Gasteiger partial charge is 0.306 e. The maximum Gasteiger partial charge on any atom is 0.306 e. The van der Waals surface area contributed by atoms with Crippen molar-refractivity contribution in [1.29, 1.82) is 0 Å². The van der Waals surface area contributed by atoms with Crippen LogP contribution in [0.15, 0.2) is 109 Å². The van der Waals surface area contributed by atoms with E-state index in [1.807, 2.05) is 61.5 Å². The molecule has 6 rings (SSSR count). The van der Waals surface area contributed by atoms with Gasteiger partial charge in [-0.2, -0.15) is 0 Å². The molecule has 0 aromatic heterocycles. The van der Waals surface area contributed by atoms with Crippen LogP contribution in [-0.2, 0) is 18.8 Å². The number of halogens is 2. The van der Waals surface area contributed by atoms with E-state index >= 15 is 4.79 Å². The van der Waals surface area contributed by atoms with Gasteiger partial charge in [-0.05, 0) is 76.0 Å². The fraction of sp³-hybridized carbons (Fsp3) is 0.381. The van der Waals surface area contributed by atoms with Gasteiger partial charge >= 0.3 is 5.97 Å². The molecule has 50 heavy (non-hydrogen) atoms. The maximum absolute atomic E-state index is 15.3. The van der Waals surface area contributed by atoms with E-state index in [2.05, 4.69) is 80.3 Å². The van der Waals surface area contributed by atoms with Crippen molar-refractivity contribution in [2.75, 3.05) is 13.7 Å². The third-order valence-corrected chi connectivity index (χ3v) is 16.3. The average Bonchev–Trinajstić information content (AvgIpc) is 3.94. The van der Waals surface area contributed by atoms with Gasteiger partial charge in [0.2, 0.25) is 5.91 Å². The summed E-state index contributed by atoms with van der Waals surface area (Å²) < 4.78 is 12.7. The Bertz CT molecular complexity index is 1750.